The van der Waals surface area contributed by atoms with Crippen LogP contribution in [0.3, 0.4) is 0 Å². The van der Waals surface area contributed by atoms with Crippen molar-refractivity contribution in [2.45, 2.75) is 49.0 Å². The molecule has 2 nitrogen and oxygen atoms in total. The van der Waals surface area contributed by atoms with E-state index in [1.54, 1.807) is 19.2 Å². The third-order valence-corrected chi connectivity index (χ3v) is 6.44. The molecule has 0 N–H and O–H groups in total. The largest absolute Gasteiger partial charge is 0.399 e. The highest BCUT2D eigenvalue weighted by Gasteiger charge is 2.45. The smallest absolute Gasteiger partial charge is 0.123 e. The second-order valence-corrected chi connectivity index (χ2v) is 7.46. The normalized spacial score (nSPS) is 32.2. The quantitative estimate of drug-likeness (QED) is 0.598. The monoisotopic (exact) mass is 307 g/mol. The van der Waals surface area contributed by atoms with Crippen molar-refractivity contribution >= 4 is 17.5 Å². The number of halogens is 1. The number of rotatable bonds is 4. The number of hydrogen-bond donors (Lipinski definition) is 0. The van der Waals surface area contributed by atoms with Gasteiger partial charge in [0.15, 0.2) is 0 Å². The highest BCUT2D eigenvalue weighted by atomic mass is 32.2. The summed E-state index contributed by atoms with van der Waals surface area (Å²) in [6.45, 7) is 2.14. The molecule has 4 atom stereocenters. The van der Waals surface area contributed by atoms with Gasteiger partial charge in [0.2, 0.25) is 0 Å². The molecule has 0 spiro atoms. The average Bonchev–Trinajstić information content (AvgIpc) is 2.88. The summed E-state index contributed by atoms with van der Waals surface area (Å²) in [5, 5.41) is 5.69. The van der Waals surface area contributed by atoms with Gasteiger partial charge in [0.05, 0.1) is 5.71 Å². The maximum atomic E-state index is 13.2. The summed E-state index contributed by atoms with van der Waals surface area (Å²) in [6, 6.07) is 7.05. The molecule has 2 aliphatic rings. The third kappa shape index (κ3) is 2.96. The summed E-state index contributed by atoms with van der Waals surface area (Å²) in [5.74, 6) is 0.701. The molecule has 2 fully saturated rings. The van der Waals surface area contributed by atoms with E-state index in [1.165, 1.54) is 24.8 Å². The Bertz CT molecular complexity index is 516. The minimum atomic E-state index is -0.162. The molecule has 2 aliphatic heterocycles. The van der Waals surface area contributed by atoms with Crippen LogP contribution in [0.4, 0.5) is 4.39 Å². The summed E-state index contributed by atoms with van der Waals surface area (Å²) in [4.78, 5) is 5.08. The molecule has 2 saturated heterocycles. The van der Waals surface area contributed by atoms with Crippen molar-refractivity contribution in [3.8, 4) is 0 Å². The number of fused-ring (bicyclic) bond motifs is 2. The zero-order chi connectivity index (χ0) is 14.8. The Balaban J connectivity index is 1.95. The van der Waals surface area contributed by atoms with Crippen LogP contribution in [0.5, 0.6) is 0 Å². The highest BCUT2D eigenvalue weighted by molar-refractivity contribution is 8.00. The first-order valence-electron chi connectivity index (χ1n) is 7.73. The van der Waals surface area contributed by atoms with E-state index in [9.17, 15) is 4.39 Å². The van der Waals surface area contributed by atoms with E-state index < -0.39 is 0 Å². The van der Waals surface area contributed by atoms with Gasteiger partial charge >= 0.3 is 0 Å². The van der Waals surface area contributed by atoms with E-state index in [-0.39, 0.29) is 5.82 Å². The highest BCUT2D eigenvalue weighted by Crippen LogP contribution is 2.53. The molecule has 4 heteroatoms. The molecular weight excluding hydrogens is 285 g/mol. The predicted octanol–water partition coefficient (Wildman–Crippen LogP) is 4.61. The lowest BCUT2D eigenvalue weighted by atomic mass is 9.78. The first-order chi connectivity index (χ1) is 10.2. The van der Waals surface area contributed by atoms with Crippen molar-refractivity contribution in [3.05, 3.63) is 35.6 Å². The first-order valence-corrected chi connectivity index (χ1v) is 8.68. The predicted molar refractivity (Wildman–Crippen MR) is 86.4 cm³/mol. The van der Waals surface area contributed by atoms with Crippen LogP contribution in [0.2, 0.25) is 0 Å². The lowest BCUT2D eigenvalue weighted by Gasteiger charge is -2.37. The van der Waals surface area contributed by atoms with Gasteiger partial charge in [-0.25, -0.2) is 4.39 Å². The van der Waals surface area contributed by atoms with Gasteiger partial charge < -0.3 is 4.84 Å². The van der Waals surface area contributed by atoms with Gasteiger partial charge in [0.25, 0.3) is 0 Å². The van der Waals surface area contributed by atoms with Gasteiger partial charge in [-0.05, 0) is 49.3 Å². The number of oxime groups is 1. The average molecular weight is 307 g/mol. The van der Waals surface area contributed by atoms with Gasteiger partial charge in [0, 0.05) is 16.4 Å². The summed E-state index contributed by atoms with van der Waals surface area (Å²) in [5.41, 5.74) is 2.40. The van der Waals surface area contributed by atoms with Crippen LogP contribution in [0.1, 0.15) is 44.1 Å². The van der Waals surface area contributed by atoms with Crippen molar-refractivity contribution in [2.24, 2.45) is 11.1 Å². The number of hydrogen-bond acceptors (Lipinski definition) is 3. The summed E-state index contributed by atoms with van der Waals surface area (Å²) < 4.78 is 13.2. The molecular formula is C17H22FNOS. The van der Waals surface area contributed by atoms with E-state index in [0.717, 1.165) is 17.4 Å². The fraction of sp³-hybridized carbons (Fsp3) is 0.588. The molecule has 0 amide bonds. The lowest BCUT2D eigenvalue weighted by molar-refractivity contribution is 0.209. The van der Waals surface area contributed by atoms with Gasteiger partial charge in [-0.1, -0.05) is 24.2 Å². The zero-order valence-electron chi connectivity index (χ0n) is 12.6. The molecule has 2 heterocycles. The second kappa shape index (κ2) is 6.39. The van der Waals surface area contributed by atoms with E-state index in [1.807, 2.05) is 12.1 Å². The molecule has 114 valence electrons. The van der Waals surface area contributed by atoms with Gasteiger partial charge in [-0.3, -0.25) is 0 Å². The molecule has 21 heavy (non-hydrogen) atoms. The van der Waals surface area contributed by atoms with Crippen LogP contribution in [-0.4, -0.2) is 23.3 Å². The van der Waals surface area contributed by atoms with Crippen LogP contribution in [0.15, 0.2) is 29.4 Å². The fourth-order valence-electron chi connectivity index (χ4n) is 3.84. The van der Waals surface area contributed by atoms with E-state index in [0.29, 0.717) is 17.1 Å². The molecule has 1 unspecified atom stereocenters. The summed E-state index contributed by atoms with van der Waals surface area (Å²) >= 11 is 2.12. The van der Waals surface area contributed by atoms with Crippen molar-refractivity contribution in [3.63, 3.8) is 0 Å². The molecule has 0 aromatic heterocycles. The SMILES string of the molecule is CCC(=NOC)[C@@H]1[C@@H]2CCC(C[C@H]1c1ccc(F)cc1)S2. The lowest BCUT2D eigenvalue weighted by Crippen LogP contribution is -2.34. The van der Waals surface area contributed by atoms with E-state index >= 15 is 0 Å². The molecule has 3 rings (SSSR count). The molecule has 0 radical (unpaired) electrons. The van der Waals surface area contributed by atoms with Crippen LogP contribution < -0.4 is 0 Å². The number of thioether (sulfide) groups is 1. The maximum Gasteiger partial charge on any atom is 0.123 e. The topological polar surface area (TPSA) is 21.6 Å². The summed E-state index contributed by atoms with van der Waals surface area (Å²) in [7, 11) is 1.62. The standard InChI is InChI=1S/C17H22FNOS/c1-3-15(19-20-2)17-14(10-13-8-9-16(17)21-13)11-4-6-12(18)7-5-11/h4-7,13-14,16-17H,3,8-10H2,1-2H3/t13?,14-,16-,17+/m0/s1. The van der Waals surface area contributed by atoms with Crippen molar-refractivity contribution < 1.29 is 9.23 Å². The molecule has 1 aromatic carbocycles. The summed E-state index contributed by atoms with van der Waals surface area (Å²) in [6.07, 6.45) is 4.64. The fourth-order valence-corrected chi connectivity index (χ4v) is 5.71. The Morgan fingerprint density at radius 2 is 2.10 bits per heavy atom. The Morgan fingerprint density at radius 3 is 2.76 bits per heavy atom. The third-order valence-electron chi connectivity index (χ3n) is 4.74. The maximum absolute atomic E-state index is 13.2. The Hall–Kier alpha value is -1.03. The number of nitrogens with zero attached hydrogens (tertiary/aromatic N) is 1. The molecule has 2 bridgehead atoms. The van der Waals surface area contributed by atoms with Crippen LogP contribution in [0, 0.1) is 11.7 Å². The Morgan fingerprint density at radius 1 is 1.33 bits per heavy atom. The van der Waals surface area contributed by atoms with Crippen molar-refractivity contribution in [2.75, 3.05) is 7.11 Å². The van der Waals surface area contributed by atoms with Crippen LogP contribution >= 0.6 is 11.8 Å². The molecule has 0 saturated carbocycles. The van der Waals surface area contributed by atoms with Gasteiger partial charge in [-0.2, -0.15) is 11.8 Å². The van der Waals surface area contributed by atoms with Gasteiger partial charge in [-0.15, -0.1) is 0 Å². The van der Waals surface area contributed by atoms with Gasteiger partial charge in [0.1, 0.15) is 12.9 Å². The zero-order valence-corrected chi connectivity index (χ0v) is 13.4. The van der Waals surface area contributed by atoms with Crippen LogP contribution in [0.25, 0.3) is 0 Å². The molecule has 0 aliphatic carbocycles. The second-order valence-electron chi connectivity index (χ2n) is 5.91. The molecule has 1 aromatic rings. The van der Waals surface area contributed by atoms with E-state index in [2.05, 4.69) is 23.8 Å². The number of benzene rings is 1. The van der Waals surface area contributed by atoms with E-state index in [4.69, 9.17) is 4.84 Å². The van der Waals surface area contributed by atoms with Crippen molar-refractivity contribution in [1.82, 2.24) is 0 Å². The Labute approximate surface area is 130 Å². The minimum Gasteiger partial charge on any atom is -0.399 e. The van der Waals surface area contributed by atoms with Crippen molar-refractivity contribution in [1.29, 1.82) is 0 Å². The Kier molecular flexibility index (Phi) is 4.53. The minimum absolute atomic E-state index is 0.162. The first kappa shape index (κ1) is 14.9. The van der Waals surface area contributed by atoms with Crippen LogP contribution in [-0.2, 0) is 4.84 Å².